The van der Waals surface area contributed by atoms with Crippen molar-refractivity contribution in [1.29, 1.82) is 0 Å². The minimum Gasteiger partial charge on any atom is -0.359 e. The van der Waals surface area contributed by atoms with Crippen LogP contribution in [0.1, 0.15) is 23.6 Å². The Morgan fingerprint density at radius 2 is 1.67 bits per heavy atom. The average Bonchev–Trinajstić information content (AvgIpc) is 2.38. The molecule has 3 N–H and O–H groups in total. The molecule has 1 rings (SSSR count). The summed E-state index contributed by atoms with van der Waals surface area (Å²) in [6.45, 7) is 12.4. The Labute approximate surface area is 132 Å². The molecule has 5 heteroatoms. The first kappa shape index (κ1) is 17.2. The Hall–Kier alpha value is -1.88. The average molecular weight is 305 g/mol. The lowest BCUT2D eigenvalue weighted by Gasteiger charge is -2.14. The molecule has 1 amide bonds. The fourth-order valence-corrected chi connectivity index (χ4v) is 2.16. The number of anilines is 1. The summed E-state index contributed by atoms with van der Waals surface area (Å²) < 4.78 is 0. The van der Waals surface area contributed by atoms with Crippen LogP contribution in [0.5, 0.6) is 0 Å². The van der Waals surface area contributed by atoms with Crippen LogP contribution in [0.25, 0.3) is 0 Å². The summed E-state index contributed by atoms with van der Waals surface area (Å²) in [7, 11) is 0. The number of benzene rings is 1. The summed E-state index contributed by atoms with van der Waals surface area (Å²) in [5.41, 5.74) is 5.15. The van der Waals surface area contributed by atoms with Gasteiger partial charge in [0.15, 0.2) is 5.11 Å². The maximum absolute atomic E-state index is 12.0. The summed E-state index contributed by atoms with van der Waals surface area (Å²) in [5.74, 6) is -0.121. The van der Waals surface area contributed by atoms with Gasteiger partial charge < -0.3 is 16.0 Å². The van der Waals surface area contributed by atoms with Crippen molar-refractivity contribution in [3.8, 4) is 0 Å². The lowest BCUT2D eigenvalue weighted by Crippen LogP contribution is -2.40. The third kappa shape index (κ3) is 5.95. The summed E-state index contributed by atoms with van der Waals surface area (Å²) in [4.78, 5) is 12.0. The molecule has 114 valence electrons. The third-order valence-corrected chi connectivity index (χ3v) is 3.19. The molecule has 0 saturated heterocycles. The predicted octanol–water partition coefficient (Wildman–Crippen LogP) is 2.59. The Kier molecular flexibility index (Phi) is 6.37. The second-order valence-corrected chi connectivity index (χ2v) is 5.72. The Balaban J connectivity index is 2.51. The highest BCUT2D eigenvalue weighted by molar-refractivity contribution is 7.80. The first-order valence-corrected chi connectivity index (χ1v) is 7.24. The van der Waals surface area contributed by atoms with E-state index in [2.05, 4.69) is 34.7 Å². The maximum atomic E-state index is 12.0. The number of thiocarbonyl (C=S) groups is 1. The molecule has 0 aliphatic heterocycles. The first-order valence-electron chi connectivity index (χ1n) is 6.83. The molecule has 0 aromatic heterocycles. The molecular formula is C16H23N3OS. The molecule has 21 heavy (non-hydrogen) atoms. The van der Waals surface area contributed by atoms with Crippen molar-refractivity contribution < 1.29 is 4.79 Å². The quantitative estimate of drug-likeness (QED) is 0.578. The molecule has 0 saturated carbocycles. The molecule has 0 radical (unpaired) electrons. The second kappa shape index (κ2) is 7.78. The van der Waals surface area contributed by atoms with Crippen LogP contribution in [0, 0.1) is 20.8 Å². The molecule has 1 aromatic carbocycles. The van der Waals surface area contributed by atoms with Gasteiger partial charge in [-0.1, -0.05) is 29.8 Å². The Morgan fingerprint density at radius 3 is 2.19 bits per heavy atom. The van der Waals surface area contributed by atoms with E-state index in [9.17, 15) is 4.79 Å². The van der Waals surface area contributed by atoms with E-state index in [1.165, 1.54) is 5.56 Å². The van der Waals surface area contributed by atoms with E-state index in [4.69, 9.17) is 12.2 Å². The largest absolute Gasteiger partial charge is 0.359 e. The zero-order valence-electron chi connectivity index (χ0n) is 13.1. The van der Waals surface area contributed by atoms with E-state index in [0.717, 1.165) is 22.4 Å². The van der Waals surface area contributed by atoms with Gasteiger partial charge in [0.05, 0.1) is 6.54 Å². The van der Waals surface area contributed by atoms with Crippen LogP contribution < -0.4 is 16.0 Å². The van der Waals surface area contributed by atoms with E-state index in [1.54, 1.807) is 0 Å². The number of carbonyl (C=O) groups excluding carboxylic acids is 1. The van der Waals surface area contributed by atoms with Gasteiger partial charge in [-0.15, -0.1) is 0 Å². The number of nitrogens with one attached hydrogen (secondary N) is 3. The topological polar surface area (TPSA) is 53.2 Å². The van der Waals surface area contributed by atoms with Crippen LogP contribution in [-0.4, -0.2) is 24.1 Å². The molecule has 0 unspecified atom stereocenters. The summed E-state index contributed by atoms with van der Waals surface area (Å²) in [5, 5.41) is 9.22. The highest BCUT2D eigenvalue weighted by Gasteiger charge is 2.08. The molecule has 0 bridgehead atoms. The van der Waals surface area contributed by atoms with E-state index < -0.39 is 0 Å². The van der Waals surface area contributed by atoms with Gasteiger partial charge in [-0.3, -0.25) is 4.79 Å². The van der Waals surface area contributed by atoms with Crippen molar-refractivity contribution in [1.82, 2.24) is 10.6 Å². The smallest absolute Gasteiger partial charge is 0.243 e. The zero-order chi connectivity index (χ0) is 16.0. The molecule has 0 fully saturated rings. The summed E-state index contributed by atoms with van der Waals surface area (Å²) in [6.07, 6.45) is 0. The van der Waals surface area contributed by atoms with Gasteiger partial charge in [0.25, 0.3) is 0 Å². The van der Waals surface area contributed by atoms with Crippen molar-refractivity contribution >= 4 is 28.9 Å². The standard InChI is InChI=1S/C16H23N3OS/c1-10(2)8-17-16(21)18-9-14(20)19-15-12(4)6-11(3)7-13(15)5/h6-7H,1,8-9H2,2-5H3,(H,19,20)(H2,17,18,21). The van der Waals surface area contributed by atoms with Gasteiger partial charge in [-0.2, -0.15) is 0 Å². The van der Waals surface area contributed by atoms with Crippen LogP contribution in [0.3, 0.4) is 0 Å². The van der Waals surface area contributed by atoms with E-state index in [0.29, 0.717) is 11.7 Å². The number of hydrogen-bond acceptors (Lipinski definition) is 2. The van der Waals surface area contributed by atoms with Crippen molar-refractivity contribution in [2.24, 2.45) is 0 Å². The lowest BCUT2D eigenvalue weighted by atomic mass is 10.1. The number of amides is 1. The van der Waals surface area contributed by atoms with Crippen LogP contribution in [-0.2, 0) is 4.79 Å². The molecule has 0 aliphatic carbocycles. The van der Waals surface area contributed by atoms with Gasteiger partial charge in [0, 0.05) is 12.2 Å². The summed E-state index contributed by atoms with van der Waals surface area (Å²) >= 11 is 5.08. The monoisotopic (exact) mass is 305 g/mol. The zero-order valence-corrected chi connectivity index (χ0v) is 13.9. The normalized spacial score (nSPS) is 9.90. The fourth-order valence-electron chi connectivity index (χ4n) is 2.02. The van der Waals surface area contributed by atoms with Gasteiger partial charge in [-0.05, 0) is 51.0 Å². The molecule has 0 atom stereocenters. The van der Waals surface area contributed by atoms with Crippen molar-refractivity contribution in [2.45, 2.75) is 27.7 Å². The van der Waals surface area contributed by atoms with Crippen molar-refractivity contribution in [3.63, 3.8) is 0 Å². The predicted molar refractivity (Wildman–Crippen MR) is 92.7 cm³/mol. The Bertz CT molecular complexity index is 544. The van der Waals surface area contributed by atoms with Crippen molar-refractivity contribution in [2.75, 3.05) is 18.4 Å². The second-order valence-electron chi connectivity index (χ2n) is 5.32. The molecule has 0 heterocycles. The van der Waals surface area contributed by atoms with Crippen LogP contribution in [0.4, 0.5) is 5.69 Å². The van der Waals surface area contributed by atoms with Gasteiger partial charge in [0.1, 0.15) is 0 Å². The summed E-state index contributed by atoms with van der Waals surface area (Å²) in [6, 6.07) is 4.10. The molecule has 0 aliphatic rings. The minimum absolute atomic E-state index is 0.121. The maximum Gasteiger partial charge on any atom is 0.243 e. The van der Waals surface area contributed by atoms with E-state index in [1.807, 2.05) is 27.7 Å². The fraction of sp³-hybridized carbons (Fsp3) is 0.375. The van der Waals surface area contributed by atoms with Crippen molar-refractivity contribution in [3.05, 3.63) is 41.0 Å². The molecular weight excluding hydrogens is 282 g/mol. The SMILES string of the molecule is C=C(C)CNC(=S)NCC(=O)Nc1c(C)cc(C)cc1C. The minimum atomic E-state index is -0.121. The van der Waals surface area contributed by atoms with Crippen LogP contribution in [0.15, 0.2) is 24.3 Å². The highest BCUT2D eigenvalue weighted by atomic mass is 32.1. The molecule has 4 nitrogen and oxygen atoms in total. The van der Waals surface area contributed by atoms with E-state index >= 15 is 0 Å². The van der Waals surface area contributed by atoms with Gasteiger partial charge in [0.2, 0.25) is 5.91 Å². The van der Waals surface area contributed by atoms with E-state index in [-0.39, 0.29) is 12.5 Å². The number of rotatable bonds is 5. The van der Waals surface area contributed by atoms with Crippen LogP contribution >= 0.6 is 12.2 Å². The van der Waals surface area contributed by atoms with Crippen LogP contribution in [0.2, 0.25) is 0 Å². The third-order valence-electron chi connectivity index (χ3n) is 2.90. The van der Waals surface area contributed by atoms with Gasteiger partial charge >= 0.3 is 0 Å². The highest BCUT2D eigenvalue weighted by Crippen LogP contribution is 2.21. The Morgan fingerprint density at radius 1 is 1.14 bits per heavy atom. The molecule has 0 spiro atoms. The first-order chi connectivity index (χ1) is 9.79. The number of carbonyl (C=O) groups is 1. The number of hydrogen-bond donors (Lipinski definition) is 3. The lowest BCUT2D eigenvalue weighted by molar-refractivity contribution is -0.115. The molecule has 1 aromatic rings. The number of aryl methyl sites for hydroxylation is 3. The van der Waals surface area contributed by atoms with Gasteiger partial charge in [-0.25, -0.2) is 0 Å².